The predicted molar refractivity (Wildman–Crippen MR) is 203 cm³/mol. The van der Waals surface area contributed by atoms with Gasteiger partial charge in [-0.25, -0.2) is 19.4 Å². The van der Waals surface area contributed by atoms with E-state index in [0.717, 1.165) is 48.1 Å². The summed E-state index contributed by atoms with van der Waals surface area (Å²) in [6.45, 7) is 2.79. The molecule has 2 unspecified atom stereocenters. The fourth-order valence-corrected chi connectivity index (χ4v) is 8.54. The third kappa shape index (κ3) is 6.51. The zero-order valence-corrected chi connectivity index (χ0v) is 30.3. The Balaban J connectivity index is 0.859. The Kier molecular flexibility index (Phi) is 8.87. The summed E-state index contributed by atoms with van der Waals surface area (Å²) in [7, 11) is 0. The second-order valence-corrected chi connectivity index (χ2v) is 14.8. The van der Waals surface area contributed by atoms with Gasteiger partial charge in [-0.15, -0.1) is 0 Å². The number of carbonyl (C=O) groups is 4. The van der Waals surface area contributed by atoms with Crippen LogP contribution >= 0.6 is 0 Å². The zero-order valence-electron chi connectivity index (χ0n) is 30.3. The van der Waals surface area contributed by atoms with Crippen LogP contribution in [0.1, 0.15) is 72.0 Å². The lowest BCUT2D eigenvalue weighted by Gasteiger charge is -2.39. The summed E-state index contributed by atoms with van der Waals surface area (Å²) in [6, 6.07) is 22.6. The summed E-state index contributed by atoms with van der Waals surface area (Å²) in [5, 5.41) is 8.11. The van der Waals surface area contributed by atoms with Crippen LogP contribution in [0.5, 0.6) is 11.5 Å². The Labute approximate surface area is 317 Å². The molecule has 4 aliphatic heterocycles. The highest BCUT2D eigenvalue weighted by atomic mass is 16.5. The average Bonchev–Trinajstić information content (AvgIpc) is 3.77. The number of aromatic nitrogens is 4. The number of para-hydroxylation sites is 1. The van der Waals surface area contributed by atoms with Crippen molar-refractivity contribution in [2.45, 2.75) is 63.1 Å². The van der Waals surface area contributed by atoms with Crippen molar-refractivity contribution in [1.82, 2.24) is 39.8 Å². The molecule has 2 aromatic heterocycles. The molecule has 3 N–H and O–H groups in total. The second kappa shape index (κ2) is 14.2. The number of anilines is 1. The molecule has 3 aromatic carbocycles. The van der Waals surface area contributed by atoms with E-state index in [9.17, 15) is 19.2 Å². The van der Waals surface area contributed by atoms with Gasteiger partial charge in [-0.3, -0.25) is 19.7 Å². The Morgan fingerprint density at radius 1 is 0.855 bits per heavy atom. The van der Waals surface area contributed by atoms with Gasteiger partial charge in [0.2, 0.25) is 11.8 Å². The molecule has 0 spiro atoms. The summed E-state index contributed by atoms with van der Waals surface area (Å²) < 4.78 is 7.91. The number of benzene rings is 3. The zero-order chi connectivity index (χ0) is 37.6. The highest BCUT2D eigenvalue weighted by Crippen LogP contribution is 2.37. The minimum absolute atomic E-state index is 0.0300. The molecule has 0 radical (unpaired) electrons. The van der Waals surface area contributed by atoms with Crippen LogP contribution in [0.25, 0.3) is 22.3 Å². The van der Waals surface area contributed by atoms with E-state index in [0.29, 0.717) is 73.0 Å². The lowest BCUT2D eigenvalue weighted by Crippen LogP contribution is -2.52. The molecule has 3 saturated heterocycles. The van der Waals surface area contributed by atoms with Crippen molar-refractivity contribution < 1.29 is 23.9 Å². The molecule has 0 bridgehead atoms. The van der Waals surface area contributed by atoms with Crippen molar-refractivity contribution in [3.8, 4) is 22.8 Å². The Hall–Kier alpha value is -6.31. The van der Waals surface area contributed by atoms with Gasteiger partial charge >= 0.3 is 6.03 Å². The van der Waals surface area contributed by atoms with Crippen molar-refractivity contribution >= 4 is 40.6 Å². The molecule has 3 fully saturated rings. The summed E-state index contributed by atoms with van der Waals surface area (Å²) >= 11 is 0. The maximum atomic E-state index is 14.0. The van der Waals surface area contributed by atoms with Gasteiger partial charge in [0.05, 0.1) is 11.4 Å². The van der Waals surface area contributed by atoms with Crippen LogP contribution in [0.15, 0.2) is 79.1 Å². The number of carbonyl (C=O) groups excluding carboxylic acids is 4. The van der Waals surface area contributed by atoms with Crippen molar-refractivity contribution in [2.24, 2.45) is 0 Å². The van der Waals surface area contributed by atoms with E-state index < -0.39 is 11.9 Å². The molecular formula is C41H41N9O5. The number of nitrogens with one attached hydrogen (secondary N) is 1. The first kappa shape index (κ1) is 34.5. The van der Waals surface area contributed by atoms with Gasteiger partial charge in [0.15, 0.2) is 5.65 Å². The number of hydrogen-bond acceptors (Lipinski definition) is 9. The van der Waals surface area contributed by atoms with E-state index in [-0.39, 0.29) is 36.2 Å². The van der Waals surface area contributed by atoms with Crippen LogP contribution in [0.4, 0.5) is 10.6 Å². The van der Waals surface area contributed by atoms with Crippen molar-refractivity contribution in [2.75, 3.05) is 31.9 Å². The Morgan fingerprint density at radius 2 is 1.64 bits per heavy atom. The topological polar surface area (TPSA) is 169 Å². The molecule has 6 heterocycles. The summed E-state index contributed by atoms with van der Waals surface area (Å²) in [5.41, 5.74) is 11.3. The van der Waals surface area contributed by atoms with E-state index in [1.165, 1.54) is 6.33 Å². The molecule has 14 heteroatoms. The molecule has 0 aliphatic carbocycles. The maximum absolute atomic E-state index is 14.0. The number of urea groups is 1. The highest BCUT2D eigenvalue weighted by molar-refractivity contribution is 6.05. The van der Waals surface area contributed by atoms with Crippen molar-refractivity contribution in [1.29, 1.82) is 0 Å². The van der Waals surface area contributed by atoms with Crippen LogP contribution in [0.2, 0.25) is 0 Å². The van der Waals surface area contributed by atoms with Crippen LogP contribution < -0.4 is 15.8 Å². The number of imide groups is 1. The standard InChI is InChI=1S/C41H41N9O5/c42-37-35-36(26-8-11-31(12-9-26)55-30-6-2-1-3-7-30)46-50(38(35)44-24-43-37)29-5-4-18-48(23-29)41(54)47-19-16-25(17-20-47)27-10-13-32-28(21-27)22-49(40(32)53)33-14-15-34(51)45-39(33)52/h1-3,6-13,21,24-25,29,33H,4-5,14-20,22-23H2,(H2,42,43,44)(H,45,51,52). The Morgan fingerprint density at radius 3 is 2.42 bits per heavy atom. The van der Waals surface area contributed by atoms with Gasteiger partial charge in [-0.2, -0.15) is 5.10 Å². The molecule has 4 aliphatic rings. The van der Waals surface area contributed by atoms with Crippen LogP contribution in [-0.4, -0.2) is 90.4 Å². The molecule has 0 saturated carbocycles. The highest BCUT2D eigenvalue weighted by Gasteiger charge is 2.40. The monoisotopic (exact) mass is 739 g/mol. The minimum atomic E-state index is -0.636. The van der Waals surface area contributed by atoms with E-state index in [1.54, 1.807) is 4.90 Å². The first-order valence-corrected chi connectivity index (χ1v) is 18.9. The maximum Gasteiger partial charge on any atom is 0.320 e. The number of ether oxygens (including phenoxy) is 1. The molecular weight excluding hydrogens is 699 g/mol. The largest absolute Gasteiger partial charge is 0.457 e. The van der Waals surface area contributed by atoms with Crippen LogP contribution in [0.3, 0.4) is 0 Å². The molecule has 280 valence electrons. The number of nitrogen functional groups attached to an aromatic ring is 1. The number of fused-ring (bicyclic) bond motifs is 2. The number of likely N-dealkylation sites (tertiary alicyclic amines) is 2. The first-order chi connectivity index (χ1) is 26.8. The average molecular weight is 740 g/mol. The van der Waals surface area contributed by atoms with E-state index in [1.807, 2.05) is 81.2 Å². The first-order valence-electron chi connectivity index (χ1n) is 18.9. The van der Waals surface area contributed by atoms with E-state index >= 15 is 0 Å². The second-order valence-electron chi connectivity index (χ2n) is 14.8. The lowest BCUT2D eigenvalue weighted by atomic mass is 9.88. The third-order valence-corrected chi connectivity index (χ3v) is 11.4. The molecule has 14 nitrogen and oxygen atoms in total. The summed E-state index contributed by atoms with van der Waals surface area (Å²) in [6.07, 6.45) is 5.32. The number of piperidine rings is 3. The molecule has 55 heavy (non-hydrogen) atoms. The van der Waals surface area contributed by atoms with Gasteiger partial charge < -0.3 is 25.2 Å². The molecule has 5 amide bonds. The third-order valence-electron chi connectivity index (χ3n) is 11.4. The molecule has 2 atom stereocenters. The van der Waals surface area contributed by atoms with Crippen molar-refractivity contribution in [3.05, 3.63) is 95.8 Å². The fraction of sp³-hybridized carbons (Fsp3) is 0.341. The van der Waals surface area contributed by atoms with Gasteiger partial charge in [-0.05, 0) is 91.6 Å². The van der Waals surface area contributed by atoms with Gasteiger partial charge in [0.1, 0.15) is 35.4 Å². The van der Waals surface area contributed by atoms with Gasteiger partial charge in [0, 0.05) is 50.3 Å². The minimum Gasteiger partial charge on any atom is -0.457 e. The quantitative estimate of drug-likeness (QED) is 0.221. The Bertz CT molecular complexity index is 2300. The lowest BCUT2D eigenvalue weighted by molar-refractivity contribution is -0.136. The summed E-state index contributed by atoms with van der Waals surface area (Å²) in [4.78, 5) is 65.7. The van der Waals surface area contributed by atoms with Crippen LogP contribution in [0, 0.1) is 0 Å². The smallest absolute Gasteiger partial charge is 0.320 e. The van der Waals surface area contributed by atoms with Crippen LogP contribution in [-0.2, 0) is 16.1 Å². The molecule has 9 rings (SSSR count). The van der Waals surface area contributed by atoms with Gasteiger partial charge in [0.25, 0.3) is 5.91 Å². The van der Waals surface area contributed by atoms with E-state index in [4.69, 9.17) is 15.6 Å². The fourth-order valence-electron chi connectivity index (χ4n) is 8.54. The summed E-state index contributed by atoms with van der Waals surface area (Å²) in [5.74, 6) is 1.18. The number of nitrogens with zero attached hydrogens (tertiary/aromatic N) is 7. The van der Waals surface area contributed by atoms with Gasteiger partial charge in [-0.1, -0.05) is 30.3 Å². The number of amides is 5. The van der Waals surface area contributed by atoms with E-state index in [2.05, 4.69) is 21.4 Å². The predicted octanol–water partition coefficient (Wildman–Crippen LogP) is 5.27. The van der Waals surface area contributed by atoms with Crippen molar-refractivity contribution in [3.63, 3.8) is 0 Å². The normalized spacial score (nSPS) is 20.5. The SMILES string of the molecule is Nc1ncnc2c1c(-c1ccc(Oc3ccccc3)cc1)nn2C1CCCN(C(=O)N2CCC(c3ccc4c(c3)CN(C3CCC(=O)NC3=O)C4=O)CC2)C1. The molecule has 5 aromatic rings. The number of rotatable bonds is 6. The number of hydrogen-bond donors (Lipinski definition) is 2. The number of nitrogens with two attached hydrogens (primary N) is 1.